The highest BCUT2D eigenvalue weighted by molar-refractivity contribution is 5.84. The predicted molar refractivity (Wildman–Crippen MR) is 79.4 cm³/mol. The van der Waals surface area contributed by atoms with Crippen molar-refractivity contribution in [2.45, 2.75) is 69.8 Å². The van der Waals surface area contributed by atoms with E-state index in [2.05, 4.69) is 25.8 Å². The molecule has 1 heterocycles. The van der Waals surface area contributed by atoms with Gasteiger partial charge in [0.2, 0.25) is 5.91 Å². The van der Waals surface area contributed by atoms with Gasteiger partial charge in [0.15, 0.2) is 0 Å². The summed E-state index contributed by atoms with van der Waals surface area (Å²) in [4.78, 5) is 16.5. The monoisotopic (exact) mass is 283 g/mol. The maximum Gasteiger partial charge on any atom is 0.239 e. The summed E-state index contributed by atoms with van der Waals surface area (Å²) in [7, 11) is 3.94. The van der Waals surface area contributed by atoms with E-state index in [1.807, 2.05) is 4.90 Å². The van der Waals surface area contributed by atoms with Crippen molar-refractivity contribution in [1.29, 1.82) is 0 Å². The van der Waals surface area contributed by atoms with Gasteiger partial charge in [0.25, 0.3) is 0 Å². The van der Waals surface area contributed by atoms with E-state index in [4.69, 9.17) is 10.5 Å². The molecule has 4 atom stereocenters. The summed E-state index contributed by atoms with van der Waals surface area (Å²) in [5.74, 6) is 0.104. The van der Waals surface area contributed by atoms with Crippen LogP contribution in [0.2, 0.25) is 0 Å². The van der Waals surface area contributed by atoms with Crippen LogP contribution in [0.5, 0.6) is 0 Å². The summed E-state index contributed by atoms with van der Waals surface area (Å²) in [6.07, 6.45) is 4.04. The molecule has 2 N–H and O–H groups in total. The van der Waals surface area contributed by atoms with Gasteiger partial charge in [-0.1, -0.05) is 0 Å². The summed E-state index contributed by atoms with van der Waals surface area (Å²) in [5.41, 5.74) is 5.84. The van der Waals surface area contributed by atoms with Crippen LogP contribution in [0.25, 0.3) is 0 Å². The summed E-state index contributed by atoms with van der Waals surface area (Å²) < 4.78 is 5.70. The van der Waals surface area contributed by atoms with Gasteiger partial charge >= 0.3 is 0 Å². The Morgan fingerprint density at radius 3 is 2.55 bits per heavy atom. The van der Waals surface area contributed by atoms with Gasteiger partial charge in [0.1, 0.15) is 0 Å². The summed E-state index contributed by atoms with van der Waals surface area (Å²) in [6.45, 7) is 5.23. The van der Waals surface area contributed by atoms with E-state index in [0.29, 0.717) is 12.1 Å². The highest BCUT2D eigenvalue weighted by Gasteiger charge is 2.41. The molecule has 2 aliphatic rings. The van der Waals surface area contributed by atoms with E-state index in [1.165, 1.54) is 0 Å². The average molecular weight is 283 g/mol. The number of hydrogen-bond acceptors (Lipinski definition) is 4. The maximum atomic E-state index is 12.1. The van der Waals surface area contributed by atoms with Crippen LogP contribution < -0.4 is 5.73 Å². The first kappa shape index (κ1) is 15.7. The largest absolute Gasteiger partial charge is 0.379 e. The quantitative estimate of drug-likeness (QED) is 0.830. The minimum Gasteiger partial charge on any atom is -0.379 e. The number of amides is 1. The second-order valence-electron chi connectivity index (χ2n) is 6.49. The lowest BCUT2D eigenvalue weighted by Crippen LogP contribution is -2.53. The van der Waals surface area contributed by atoms with Gasteiger partial charge in [0, 0.05) is 25.7 Å². The Labute approximate surface area is 122 Å². The number of nitrogens with two attached hydrogens (primary N) is 1. The molecule has 2 rings (SSSR count). The van der Waals surface area contributed by atoms with Gasteiger partial charge in [-0.05, 0) is 46.6 Å². The van der Waals surface area contributed by atoms with Crippen molar-refractivity contribution in [3.05, 3.63) is 0 Å². The number of hydrogen-bond donors (Lipinski definition) is 1. The number of carbonyl (C=O) groups excluding carboxylic acids is 1. The number of methoxy groups -OCH3 is 1. The van der Waals surface area contributed by atoms with Crippen molar-refractivity contribution in [3.63, 3.8) is 0 Å². The molecule has 0 spiro atoms. The maximum absolute atomic E-state index is 12.1. The molecule has 1 aliphatic heterocycles. The van der Waals surface area contributed by atoms with Crippen LogP contribution in [0.4, 0.5) is 0 Å². The summed E-state index contributed by atoms with van der Waals surface area (Å²) >= 11 is 0. The minimum absolute atomic E-state index is 0.104. The molecular formula is C15H29N3O2. The van der Waals surface area contributed by atoms with Gasteiger partial charge in [-0.15, -0.1) is 0 Å². The van der Waals surface area contributed by atoms with E-state index in [0.717, 1.165) is 32.2 Å². The Morgan fingerprint density at radius 2 is 2.05 bits per heavy atom. The van der Waals surface area contributed by atoms with Crippen molar-refractivity contribution in [3.8, 4) is 0 Å². The van der Waals surface area contributed by atoms with E-state index in [9.17, 15) is 4.79 Å². The fourth-order valence-corrected chi connectivity index (χ4v) is 3.55. The number of nitrogens with zero attached hydrogens (tertiary/aromatic N) is 2. The standard InChI is InChI=1S/C15H29N3O2/c1-10(2)17(3)11-5-6-13(14(9-11)20-4)18-8-7-12(16)15(18)19/h10-14H,5-9,16H2,1-4H3/t11-,12+,13+,14-/m1/s1. The second kappa shape index (κ2) is 6.41. The van der Waals surface area contributed by atoms with Gasteiger partial charge in [-0.2, -0.15) is 0 Å². The highest BCUT2D eigenvalue weighted by Crippen LogP contribution is 2.31. The molecule has 2 fully saturated rings. The molecule has 5 heteroatoms. The van der Waals surface area contributed by atoms with Crippen molar-refractivity contribution < 1.29 is 9.53 Å². The Morgan fingerprint density at radius 1 is 1.35 bits per heavy atom. The van der Waals surface area contributed by atoms with Crippen molar-refractivity contribution in [1.82, 2.24) is 9.80 Å². The highest BCUT2D eigenvalue weighted by atomic mass is 16.5. The minimum atomic E-state index is -0.302. The van der Waals surface area contributed by atoms with Crippen LogP contribution >= 0.6 is 0 Å². The number of carbonyl (C=O) groups is 1. The third-order valence-electron chi connectivity index (χ3n) is 5.10. The fraction of sp³-hybridized carbons (Fsp3) is 0.933. The van der Waals surface area contributed by atoms with Crippen LogP contribution in [-0.4, -0.2) is 66.7 Å². The Balaban J connectivity index is 2.02. The normalized spacial score (nSPS) is 35.4. The summed E-state index contributed by atoms with van der Waals surface area (Å²) in [5, 5.41) is 0. The third kappa shape index (κ3) is 3.00. The third-order valence-corrected chi connectivity index (χ3v) is 5.10. The number of ether oxygens (including phenoxy) is 1. The van der Waals surface area contributed by atoms with Crippen molar-refractivity contribution in [2.75, 3.05) is 20.7 Å². The molecule has 0 aromatic carbocycles. The van der Waals surface area contributed by atoms with Crippen LogP contribution in [0, 0.1) is 0 Å². The second-order valence-corrected chi connectivity index (χ2v) is 6.49. The van der Waals surface area contributed by atoms with Crippen LogP contribution in [0.15, 0.2) is 0 Å². The van der Waals surface area contributed by atoms with Crippen LogP contribution in [0.1, 0.15) is 39.5 Å². The van der Waals surface area contributed by atoms with E-state index in [-0.39, 0.29) is 24.1 Å². The molecule has 0 aromatic heterocycles. The first-order chi connectivity index (χ1) is 9.45. The summed E-state index contributed by atoms with van der Waals surface area (Å²) in [6, 6.07) is 0.986. The van der Waals surface area contributed by atoms with Crippen LogP contribution in [-0.2, 0) is 9.53 Å². The Kier molecular flexibility index (Phi) is 5.04. The smallest absolute Gasteiger partial charge is 0.239 e. The van der Waals surface area contributed by atoms with E-state index >= 15 is 0 Å². The first-order valence-electron chi connectivity index (χ1n) is 7.76. The molecular weight excluding hydrogens is 254 g/mol. The zero-order chi connectivity index (χ0) is 14.9. The molecule has 1 aliphatic carbocycles. The molecule has 20 heavy (non-hydrogen) atoms. The Hall–Kier alpha value is -0.650. The SMILES string of the molecule is CO[C@@H]1C[C@H](N(C)C(C)C)CC[C@@H]1N1CC[C@H](N)C1=O. The lowest BCUT2D eigenvalue weighted by atomic mass is 9.86. The van der Waals surface area contributed by atoms with Crippen molar-refractivity contribution in [2.24, 2.45) is 5.73 Å². The predicted octanol–water partition coefficient (Wildman–Crippen LogP) is 0.822. The van der Waals surface area contributed by atoms with Crippen molar-refractivity contribution >= 4 is 5.91 Å². The van der Waals surface area contributed by atoms with E-state index < -0.39 is 0 Å². The Bertz CT molecular complexity index is 348. The molecule has 1 amide bonds. The number of likely N-dealkylation sites (tertiary alicyclic amines) is 1. The molecule has 0 radical (unpaired) electrons. The topological polar surface area (TPSA) is 58.8 Å². The molecule has 0 bridgehead atoms. The fourth-order valence-electron chi connectivity index (χ4n) is 3.55. The zero-order valence-electron chi connectivity index (χ0n) is 13.2. The molecule has 1 saturated heterocycles. The van der Waals surface area contributed by atoms with Crippen LogP contribution in [0.3, 0.4) is 0 Å². The molecule has 116 valence electrons. The van der Waals surface area contributed by atoms with Gasteiger partial charge in [-0.25, -0.2) is 0 Å². The lowest BCUT2D eigenvalue weighted by Gasteiger charge is -2.43. The van der Waals surface area contributed by atoms with E-state index in [1.54, 1.807) is 7.11 Å². The molecule has 0 unspecified atom stereocenters. The first-order valence-corrected chi connectivity index (χ1v) is 7.76. The van der Waals surface area contributed by atoms with Gasteiger partial charge in [-0.3, -0.25) is 4.79 Å². The van der Waals surface area contributed by atoms with Gasteiger partial charge in [0.05, 0.1) is 18.2 Å². The molecule has 0 aromatic rings. The molecule has 1 saturated carbocycles. The molecule has 5 nitrogen and oxygen atoms in total. The lowest BCUT2D eigenvalue weighted by molar-refractivity contribution is -0.135. The average Bonchev–Trinajstić information content (AvgIpc) is 2.77. The number of rotatable bonds is 4. The zero-order valence-corrected chi connectivity index (χ0v) is 13.2. The van der Waals surface area contributed by atoms with Gasteiger partial charge < -0.3 is 20.3 Å².